The van der Waals surface area contributed by atoms with Gasteiger partial charge in [0, 0.05) is 12.4 Å². The van der Waals surface area contributed by atoms with E-state index in [2.05, 4.69) is 9.98 Å². The van der Waals surface area contributed by atoms with Gasteiger partial charge in [-0.15, -0.1) is 0 Å². The fourth-order valence-electron chi connectivity index (χ4n) is 1.51. The van der Waals surface area contributed by atoms with Gasteiger partial charge in [-0.3, -0.25) is 0 Å². The maximum atomic E-state index is 12.3. The van der Waals surface area contributed by atoms with Crippen molar-refractivity contribution in [3.8, 4) is 6.07 Å². The van der Waals surface area contributed by atoms with Gasteiger partial charge in [-0.2, -0.15) is 5.26 Å². The first-order valence-electron chi connectivity index (χ1n) is 5.78. The average Bonchev–Trinajstić information content (AvgIpc) is 2.49. The number of nitrogens with zero attached hydrogens (tertiary/aromatic N) is 3. The molecular weight excluding hydrogens is 274 g/mol. The lowest BCUT2D eigenvalue weighted by Gasteiger charge is -2.05. The van der Waals surface area contributed by atoms with Crippen LogP contribution in [-0.2, 0) is 9.84 Å². The lowest BCUT2D eigenvalue weighted by atomic mass is 10.4. The maximum Gasteiger partial charge on any atom is 0.199 e. The molecule has 0 aliphatic heterocycles. The van der Waals surface area contributed by atoms with Gasteiger partial charge in [0.05, 0.1) is 11.0 Å². The summed E-state index contributed by atoms with van der Waals surface area (Å²) < 4.78 is 24.5. The molecule has 1 heterocycles. The van der Waals surface area contributed by atoms with Crippen LogP contribution in [0, 0.1) is 11.3 Å². The van der Waals surface area contributed by atoms with Crippen molar-refractivity contribution in [1.82, 2.24) is 4.98 Å². The van der Waals surface area contributed by atoms with E-state index in [1.807, 2.05) is 0 Å². The second-order valence-electron chi connectivity index (χ2n) is 3.87. The highest BCUT2D eigenvalue weighted by molar-refractivity contribution is 7.93. The molecule has 2 aromatic rings. The summed E-state index contributed by atoms with van der Waals surface area (Å²) in [6.07, 6.45) is 2.64. The first kappa shape index (κ1) is 13.9. The van der Waals surface area contributed by atoms with Gasteiger partial charge < -0.3 is 0 Å². The summed E-state index contributed by atoms with van der Waals surface area (Å²) in [5.74, 6) is 0.357. The van der Waals surface area contributed by atoms with Crippen molar-refractivity contribution >= 4 is 21.9 Å². The molecule has 0 fully saturated rings. The van der Waals surface area contributed by atoms with Crippen LogP contribution in [0.5, 0.6) is 0 Å². The molecule has 1 aromatic carbocycles. The summed E-state index contributed by atoms with van der Waals surface area (Å²) in [6.45, 7) is 0. The minimum Gasteiger partial charge on any atom is -0.239 e. The highest BCUT2D eigenvalue weighted by Crippen LogP contribution is 2.15. The number of rotatable bonds is 4. The molecule has 0 amide bonds. The predicted molar refractivity (Wildman–Crippen MR) is 75.4 cm³/mol. The Morgan fingerprint density at radius 3 is 2.45 bits per heavy atom. The lowest BCUT2D eigenvalue weighted by Crippen LogP contribution is -2.21. The van der Waals surface area contributed by atoms with Crippen LogP contribution in [0.2, 0.25) is 0 Å². The van der Waals surface area contributed by atoms with E-state index in [-0.39, 0.29) is 4.90 Å². The molecular formula is C14H11N3O2S. The number of hydrogen-bond acceptors (Lipinski definition) is 5. The Kier molecular flexibility index (Phi) is 4.23. The van der Waals surface area contributed by atoms with Crippen LogP contribution in [0.1, 0.15) is 0 Å². The quantitative estimate of drug-likeness (QED) is 0.806. The standard InChI is InChI=1S/C14H11N3O2S/c15-10-13(11-17-14-8-4-5-9-16-14)20(18,19)12-6-2-1-3-7-12/h1-9,11,13H/b17-11-. The number of sulfone groups is 1. The molecule has 0 bridgehead atoms. The molecule has 5 nitrogen and oxygen atoms in total. The summed E-state index contributed by atoms with van der Waals surface area (Å²) in [5, 5.41) is 7.72. The molecule has 6 heteroatoms. The summed E-state index contributed by atoms with van der Waals surface area (Å²) in [4.78, 5) is 7.97. The smallest absolute Gasteiger partial charge is 0.199 e. The van der Waals surface area contributed by atoms with Crippen molar-refractivity contribution in [3.63, 3.8) is 0 Å². The van der Waals surface area contributed by atoms with E-state index in [1.165, 1.54) is 12.1 Å². The average molecular weight is 285 g/mol. The largest absolute Gasteiger partial charge is 0.239 e. The van der Waals surface area contributed by atoms with Crippen molar-refractivity contribution in [3.05, 3.63) is 54.7 Å². The van der Waals surface area contributed by atoms with E-state index < -0.39 is 15.1 Å². The normalized spacial score (nSPS) is 12.9. The Morgan fingerprint density at radius 2 is 1.85 bits per heavy atom. The van der Waals surface area contributed by atoms with Gasteiger partial charge in [-0.25, -0.2) is 18.4 Å². The minimum atomic E-state index is -3.76. The Hall–Kier alpha value is -2.52. The molecule has 1 unspecified atom stereocenters. The van der Waals surface area contributed by atoms with Gasteiger partial charge in [0.25, 0.3) is 0 Å². The van der Waals surface area contributed by atoms with Crippen molar-refractivity contribution in [1.29, 1.82) is 5.26 Å². The fourth-order valence-corrected chi connectivity index (χ4v) is 2.70. The number of benzene rings is 1. The molecule has 0 spiro atoms. The second kappa shape index (κ2) is 6.08. The third-order valence-electron chi connectivity index (χ3n) is 2.52. The van der Waals surface area contributed by atoms with Crippen molar-refractivity contribution in [2.45, 2.75) is 10.1 Å². The Balaban J connectivity index is 2.30. The first-order valence-corrected chi connectivity index (χ1v) is 7.33. The van der Waals surface area contributed by atoms with E-state index in [9.17, 15) is 8.42 Å². The number of aliphatic imine (C=N–C) groups is 1. The SMILES string of the molecule is N#CC(/C=N\c1ccccn1)S(=O)(=O)c1ccccc1. The third kappa shape index (κ3) is 3.08. The van der Waals surface area contributed by atoms with E-state index in [0.29, 0.717) is 5.82 Å². The van der Waals surface area contributed by atoms with Crippen LogP contribution >= 0.6 is 0 Å². The van der Waals surface area contributed by atoms with Crippen LogP contribution < -0.4 is 0 Å². The molecule has 100 valence electrons. The van der Waals surface area contributed by atoms with Gasteiger partial charge in [0.2, 0.25) is 0 Å². The second-order valence-corrected chi connectivity index (χ2v) is 5.94. The molecule has 0 radical (unpaired) electrons. The number of aromatic nitrogens is 1. The Morgan fingerprint density at radius 1 is 1.15 bits per heavy atom. The first-order chi connectivity index (χ1) is 9.64. The molecule has 0 saturated carbocycles. The highest BCUT2D eigenvalue weighted by atomic mass is 32.2. The van der Waals surface area contributed by atoms with Gasteiger partial charge >= 0.3 is 0 Å². The zero-order chi connectivity index (χ0) is 14.4. The van der Waals surface area contributed by atoms with E-state index in [4.69, 9.17) is 5.26 Å². The van der Waals surface area contributed by atoms with Crippen LogP contribution in [0.15, 0.2) is 64.6 Å². The zero-order valence-corrected chi connectivity index (χ0v) is 11.2. The number of pyridine rings is 1. The summed E-state index contributed by atoms with van der Waals surface area (Å²) >= 11 is 0. The highest BCUT2D eigenvalue weighted by Gasteiger charge is 2.25. The Bertz CT molecular complexity index is 735. The molecule has 0 N–H and O–H groups in total. The number of nitriles is 1. The summed E-state index contributed by atoms with van der Waals surface area (Å²) in [6, 6.07) is 14.7. The summed E-state index contributed by atoms with van der Waals surface area (Å²) in [5.41, 5.74) is 0. The van der Waals surface area contributed by atoms with Gasteiger partial charge in [-0.05, 0) is 24.3 Å². The van der Waals surface area contributed by atoms with Crippen LogP contribution in [0.3, 0.4) is 0 Å². The van der Waals surface area contributed by atoms with Crippen molar-refractivity contribution in [2.75, 3.05) is 0 Å². The molecule has 1 aromatic heterocycles. The minimum absolute atomic E-state index is 0.0963. The zero-order valence-electron chi connectivity index (χ0n) is 10.4. The monoisotopic (exact) mass is 285 g/mol. The maximum absolute atomic E-state index is 12.3. The van der Waals surface area contributed by atoms with E-state index in [0.717, 1.165) is 6.21 Å². The topological polar surface area (TPSA) is 83.2 Å². The predicted octanol–water partition coefficient (Wildman–Crippen LogP) is 2.15. The molecule has 0 aliphatic rings. The number of hydrogen-bond donors (Lipinski definition) is 0. The van der Waals surface area contributed by atoms with Crippen LogP contribution in [0.4, 0.5) is 5.82 Å². The van der Waals surface area contributed by atoms with Gasteiger partial charge in [-0.1, -0.05) is 24.3 Å². The van der Waals surface area contributed by atoms with Crippen LogP contribution in [-0.4, -0.2) is 24.9 Å². The summed E-state index contributed by atoms with van der Waals surface area (Å²) in [7, 11) is -3.76. The molecule has 0 aliphatic carbocycles. The molecule has 2 rings (SSSR count). The third-order valence-corrected chi connectivity index (χ3v) is 4.35. The van der Waals surface area contributed by atoms with Crippen molar-refractivity contribution < 1.29 is 8.42 Å². The van der Waals surface area contributed by atoms with Crippen molar-refractivity contribution in [2.24, 2.45) is 4.99 Å². The lowest BCUT2D eigenvalue weighted by molar-refractivity contribution is 0.596. The van der Waals surface area contributed by atoms with E-state index in [1.54, 1.807) is 48.7 Å². The van der Waals surface area contributed by atoms with Crippen LogP contribution in [0.25, 0.3) is 0 Å². The fraction of sp³-hybridized carbons (Fsp3) is 0.0714. The van der Waals surface area contributed by atoms with Gasteiger partial charge in [0.1, 0.15) is 0 Å². The molecule has 0 saturated heterocycles. The Labute approximate surface area is 117 Å². The molecule has 1 atom stereocenters. The van der Waals surface area contributed by atoms with Gasteiger partial charge in [0.15, 0.2) is 20.9 Å². The van der Waals surface area contributed by atoms with E-state index >= 15 is 0 Å². The molecule has 20 heavy (non-hydrogen) atoms.